The highest BCUT2D eigenvalue weighted by Gasteiger charge is 2.13. The first-order valence-electron chi connectivity index (χ1n) is 9.20. The molecule has 1 aromatic heterocycles. The molecule has 0 unspecified atom stereocenters. The lowest BCUT2D eigenvalue weighted by molar-refractivity contribution is -0.148. The number of nitrogens with zero attached hydrogens (tertiary/aromatic N) is 2. The summed E-state index contributed by atoms with van der Waals surface area (Å²) in [5.41, 5.74) is 5.14. The van der Waals surface area contributed by atoms with Crippen molar-refractivity contribution in [3.05, 3.63) is 76.3 Å². The zero-order valence-electron chi connectivity index (χ0n) is 16.3. The minimum atomic E-state index is -0.677. The molecule has 0 aliphatic heterocycles. The van der Waals surface area contributed by atoms with Gasteiger partial charge in [0.05, 0.1) is 17.3 Å². The Hall–Kier alpha value is -4.01. The molecule has 0 fully saturated rings. The monoisotopic (exact) mass is 408 g/mol. The summed E-state index contributed by atoms with van der Waals surface area (Å²) in [6.07, 6.45) is 0.129. The second-order valence-corrected chi connectivity index (χ2v) is 6.44. The molecule has 0 aliphatic carbocycles. The maximum absolute atomic E-state index is 12.4. The molecule has 0 aliphatic rings. The van der Waals surface area contributed by atoms with E-state index in [-0.39, 0.29) is 18.4 Å². The van der Waals surface area contributed by atoms with Gasteiger partial charge in [-0.05, 0) is 24.3 Å². The van der Waals surface area contributed by atoms with Crippen LogP contribution in [0.25, 0.3) is 10.9 Å². The fourth-order valence-corrected chi connectivity index (χ4v) is 2.74. The SMILES string of the molecule is Cn1c(CCC(=O)OCC(=O)NNC(=O)c2ccccc2)nc2ccccc2c1=O. The molecule has 0 saturated carbocycles. The zero-order valence-corrected chi connectivity index (χ0v) is 16.3. The van der Waals surface area contributed by atoms with Gasteiger partial charge >= 0.3 is 5.97 Å². The number of fused-ring (bicyclic) bond motifs is 1. The Balaban J connectivity index is 1.46. The summed E-state index contributed by atoms with van der Waals surface area (Å²) in [7, 11) is 1.59. The summed E-state index contributed by atoms with van der Waals surface area (Å²) in [5, 5.41) is 0.501. The van der Waals surface area contributed by atoms with Gasteiger partial charge in [0.25, 0.3) is 17.4 Å². The number of benzene rings is 2. The van der Waals surface area contributed by atoms with Crippen LogP contribution in [0.5, 0.6) is 0 Å². The molecule has 9 heteroatoms. The van der Waals surface area contributed by atoms with Crippen molar-refractivity contribution in [1.82, 2.24) is 20.4 Å². The van der Waals surface area contributed by atoms with Crippen molar-refractivity contribution < 1.29 is 19.1 Å². The Morgan fingerprint density at radius 3 is 2.47 bits per heavy atom. The molecule has 2 amide bonds. The van der Waals surface area contributed by atoms with Crippen molar-refractivity contribution in [1.29, 1.82) is 0 Å². The Kier molecular flexibility index (Phi) is 6.53. The molecule has 0 saturated heterocycles. The molecule has 0 radical (unpaired) electrons. The number of aryl methyl sites for hydroxylation is 1. The number of amides is 2. The first-order chi connectivity index (χ1) is 14.5. The summed E-state index contributed by atoms with van der Waals surface area (Å²) in [6.45, 7) is -0.544. The van der Waals surface area contributed by atoms with E-state index in [1.807, 2.05) is 0 Å². The minimum Gasteiger partial charge on any atom is -0.455 e. The number of para-hydroxylation sites is 1. The van der Waals surface area contributed by atoms with Crippen molar-refractivity contribution >= 4 is 28.7 Å². The van der Waals surface area contributed by atoms with Crippen molar-refractivity contribution in [2.24, 2.45) is 7.05 Å². The third-order valence-electron chi connectivity index (χ3n) is 4.34. The number of aromatic nitrogens is 2. The van der Waals surface area contributed by atoms with Crippen LogP contribution in [0.1, 0.15) is 22.6 Å². The van der Waals surface area contributed by atoms with Gasteiger partial charge in [0, 0.05) is 19.0 Å². The molecule has 9 nitrogen and oxygen atoms in total. The van der Waals surface area contributed by atoms with Crippen LogP contribution in [0.15, 0.2) is 59.4 Å². The van der Waals surface area contributed by atoms with Crippen LogP contribution in [-0.4, -0.2) is 33.9 Å². The number of hydrazine groups is 1. The second kappa shape index (κ2) is 9.46. The van der Waals surface area contributed by atoms with Gasteiger partial charge in [-0.3, -0.25) is 34.6 Å². The quantitative estimate of drug-likeness (QED) is 0.461. The van der Waals surface area contributed by atoms with E-state index in [2.05, 4.69) is 15.8 Å². The van der Waals surface area contributed by atoms with E-state index in [1.165, 1.54) is 4.57 Å². The first-order valence-corrected chi connectivity index (χ1v) is 9.20. The number of hydrogen-bond donors (Lipinski definition) is 2. The van der Waals surface area contributed by atoms with Gasteiger partial charge in [-0.2, -0.15) is 0 Å². The summed E-state index contributed by atoms with van der Waals surface area (Å²) in [4.78, 5) is 52.3. The molecule has 1 heterocycles. The summed E-state index contributed by atoms with van der Waals surface area (Å²) >= 11 is 0. The molecule has 2 N–H and O–H groups in total. The molecule has 3 aromatic rings. The molecule has 3 rings (SSSR count). The van der Waals surface area contributed by atoms with Crippen LogP contribution in [0.4, 0.5) is 0 Å². The second-order valence-electron chi connectivity index (χ2n) is 6.44. The van der Waals surface area contributed by atoms with Crippen molar-refractivity contribution in [3.8, 4) is 0 Å². The van der Waals surface area contributed by atoms with E-state index in [9.17, 15) is 19.2 Å². The summed E-state index contributed by atoms with van der Waals surface area (Å²) in [6, 6.07) is 15.3. The maximum atomic E-state index is 12.4. The highest BCUT2D eigenvalue weighted by molar-refractivity contribution is 5.95. The number of carbonyl (C=O) groups excluding carboxylic acids is 3. The van der Waals surface area contributed by atoms with Crippen LogP contribution in [0.2, 0.25) is 0 Å². The lowest BCUT2D eigenvalue weighted by atomic mass is 10.2. The summed E-state index contributed by atoms with van der Waals surface area (Å²) < 4.78 is 6.29. The lowest BCUT2D eigenvalue weighted by Gasteiger charge is -2.10. The van der Waals surface area contributed by atoms with E-state index >= 15 is 0 Å². The largest absolute Gasteiger partial charge is 0.455 e. The van der Waals surface area contributed by atoms with Gasteiger partial charge in [0.15, 0.2) is 6.61 Å². The highest BCUT2D eigenvalue weighted by Crippen LogP contribution is 2.08. The van der Waals surface area contributed by atoms with Gasteiger partial charge < -0.3 is 4.74 Å². The third-order valence-corrected chi connectivity index (χ3v) is 4.34. The number of esters is 1. The van der Waals surface area contributed by atoms with Gasteiger partial charge in [-0.1, -0.05) is 30.3 Å². The van der Waals surface area contributed by atoms with E-state index < -0.39 is 24.4 Å². The Labute approximate surface area is 171 Å². The topological polar surface area (TPSA) is 119 Å². The third kappa shape index (κ3) is 5.07. The smallest absolute Gasteiger partial charge is 0.306 e. The predicted octanol–water partition coefficient (Wildman–Crippen LogP) is 0.871. The van der Waals surface area contributed by atoms with E-state index in [1.54, 1.807) is 61.6 Å². The average molecular weight is 408 g/mol. The van der Waals surface area contributed by atoms with Gasteiger partial charge in [-0.15, -0.1) is 0 Å². The number of ether oxygens (including phenoxy) is 1. The van der Waals surface area contributed by atoms with Gasteiger partial charge in [0.1, 0.15) is 5.82 Å². The number of hydrogen-bond acceptors (Lipinski definition) is 6. The van der Waals surface area contributed by atoms with Crippen LogP contribution in [-0.2, 0) is 27.8 Å². The molecule has 154 valence electrons. The standard InChI is InChI=1S/C21H20N4O5/c1-25-17(22-16-10-6-5-9-15(16)21(25)29)11-12-19(27)30-13-18(26)23-24-20(28)14-7-3-2-4-8-14/h2-10H,11-13H2,1H3,(H,23,26)(H,24,28). The highest BCUT2D eigenvalue weighted by atomic mass is 16.5. The molecule has 30 heavy (non-hydrogen) atoms. The average Bonchev–Trinajstić information content (AvgIpc) is 2.78. The fraction of sp³-hybridized carbons (Fsp3) is 0.190. The van der Waals surface area contributed by atoms with E-state index in [0.29, 0.717) is 22.3 Å². The van der Waals surface area contributed by atoms with Crippen LogP contribution < -0.4 is 16.4 Å². The Morgan fingerprint density at radius 2 is 1.70 bits per heavy atom. The molecule has 0 spiro atoms. The minimum absolute atomic E-state index is 0.0533. The maximum Gasteiger partial charge on any atom is 0.306 e. The number of rotatable bonds is 6. The molecule has 0 atom stereocenters. The predicted molar refractivity (Wildman–Crippen MR) is 108 cm³/mol. The van der Waals surface area contributed by atoms with Gasteiger partial charge in [0.2, 0.25) is 0 Å². The lowest BCUT2D eigenvalue weighted by Crippen LogP contribution is -2.43. The zero-order chi connectivity index (χ0) is 21.5. The van der Waals surface area contributed by atoms with Crippen molar-refractivity contribution in [2.45, 2.75) is 12.8 Å². The Bertz CT molecular complexity index is 1140. The van der Waals surface area contributed by atoms with E-state index in [0.717, 1.165) is 0 Å². The van der Waals surface area contributed by atoms with Gasteiger partial charge in [-0.25, -0.2) is 4.98 Å². The van der Waals surface area contributed by atoms with Crippen LogP contribution in [0.3, 0.4) is 0 Å². The van der Waals surface area contributed by atoms with Crippen LogP contribution in [0, 0.1) is 0 Å². The molecular formula is C21H20N4O5. The number of nitrogens with one attached hydrogen (secondary N) is 2. The first kappa shape index (κ1) is 20.7. The summed E-state index contributed by atoms with van der Waals surface area (Å²) in [5.74, 6) is -1.35. The van der Waals surface area contributed by atoms with E-state index in [4.69, 9.17) is 4.74 Å². The molecular weight excluding hydrogens is 388 g/mol. The van der Waals surface area contributed by atoms with Crippen LogP contribution >= 0.6 is 0 Å². The van der Waals surface area contributed by atoms with Crippen molar-refractivity contribution in [3.63, 3.8) is 0 Å². The fourth-order valence-electron chi connectivity index (χ4n) is 2.74. The number of carbonyl (C=O) groups is 3. The Morgan fingerprint density at radius 1 is 1.00 bits per heavy atom. The molecule has 2 aromatic carbocycles. The molecule has 0 bridgehead atoms. The van der Waals surface area contributed by atoms with Crippen molar-refractivity contribution in [2.75, 3.05) is 6.61 Å². The normalized spacial score (nSPS) is 10.4.